The summed E-state index contributed by atoms with van der Waals surface area (Å²) in [6, 6.07) is 0. The van der Waals surface area contributed by atoms with Crippen molar-refractivity contribution in [3.63, 3.8) is 0 Å². The van der Waals surface area contributed by atoms with Crippen molar-refractivity contribution in [1.82, 2.24) is 9.97 Å². The van der Waals surface area contributed by atoms with Crippen LogP contribution in [0.1, 0.15) is 66.5 Å². The van der Waals surface area contributed by atoms with Crippen molar-refractivity contribution in [3.05, 3.63) is 18.1 Å². The van der Waals surface area contributed by atoms with Gasteiger partial charge in [-0.15, -0.1) is 0 Å². The predicted molar refractivity (Wildman–Crippen MR) is 108 cm³/mol. The number of nitrogens with two attached hydrogens (primary N) is 1. The number of carboxylic acid groups (broad SMARTS) is 1. The summed E-state index contributed by atoms with van der Waals surface area (Å²) in [5, 5.41) is 6.89. The van der Waals surface area contributed by atoms with Gasteiger partial charge in [0.15, 0.2) is 0 Å². The molecule has 0 saturated carbocycles. The van der Waals surface area contributed by atoms with Gasteiger partial charge in [-0.3, -0.25) is 9.78 Å². The number of anilines is 1. The molecule has 0 aliphatic carbocycles. The lowest BCUT2D eigenvalue weighted by Gasteiger charge is -2.14. The molecule has 6 nitrogen and oxygen atoms in total. The number of hydrogen-bond acceptors (Lipinski definition) is 5. The van der Waals surface area contributed by atoms with E-state index in [0.29, 0.717) is 5.41 Å². The molecule has 0 amide bonds. The smallest absolute Gasteiger partial charge is 0.290 e. The normalized spacial score (nSPS) is 12.0. The maximum Gasteiger partial charge on any atom is 0.290 e. The van der Waals surface area contributed by atoms with Crippen LogP contribution in [-0.4, -0.2) is 41.7 Å². The third kappa shape index (κ3) is 18.5. The first-order valence-corrected chi connectivity index (χ1v) is 9.03. The fraction of sp³-hybridized carbons (Fsp3) is 0.737. The molecule has 1 saturated heterocycles. The van der Waals surface area contributed by atoms with E-state index in [1.165, 1.54) is 26.3 Å². The highest BCUT2D eigenvalue weighted by Crippen LogP contribution is 2.16. The van der Waals surface area contributed by atoms with Gasteiger partial charge in [0.1, 0.15) is 5.82 Å². The van der Waals surface area contributed by atoms with E-state index in [1.807, 2.05) is 33.2 Å². The van der Waals surface area contributed by atoms with E-state index in [0.717, 1.165) is 24.6 Å². The SMILES string of the molecule is CC.CCC(C)(C)C.CN.Cc1cnc(N2CCCC2)cn1.O=CO. The highest BCUT2D eigenvalue weighted by molar-refractivity contribution is 5.36. The van der Waals surface area contributed by atoms with Crippen molar-refractivity contribution in [1.29, 1.82) is 0 Å². The summed E-state index contributed by atoms with van der Waals surface area (Å²) in [5.41, 5.74) is 6.03. The van der Waals surface area contributed by atoms with Crippen LogP contribution in [0.2, 0.25) is 0 Å². The predicted octanol–water partition coefficient (Wildman–Crippen LogP) is 4.13. The van der Waals surface area contributed by atoms with Gasteiger partial charge in [0.05, 0.1) is 18.1 Å². The van der Waals surface area contributed by atoms with E-state index < -0.39 is 0 Å². The highest BCUT2D eigenvalue weighted by Gasteiger charge is 2.12. The minimum absolute atomic E-state index is 0.250. The topological polar surface area (TPSA) is 92.3 Å². The summed E-state index contributed by atoms with van der Waals surface area (Å²) in [6.07, 6.45) is 7.53. The van der Waals surface area contributed by atoms with E-state index in [9.17, 15) is 0 Å². The van der Waals surface area contributed by atoms with Gasteiger partial charge in [-0.25, -0.2) is 4.98 Å². The Labute approximate surface area is 154 Å². The Morgan fingerprint density at radius 1 is 1.16 bits per heavy atom. The monoisotopic (exact) mass is 356 g/mol. The first-order chi connectivity index (χ1) is 11.8. The van der Waals surface area contributed by atoms with Crippen molar-refractivity contribution in [2.75, 3.05) is 25.0 Å². The Morgan fingerprint density at radius 2 is 1.56 bits per heavy atom. The van der Waals surface area contributed by atoms with E-state index in [4.69, 9.17) is 9.90 Å². The van der Waals surface area contributed by atoms with Crippen LogP contribution in [0.5, 0.6) is 0 Å². The molecule has 2 rings (SSSR count). The maximum absolute atomic E-state index is 8.36. The fourth-order valence-electron chi connectivity index (χ4n) is 1.50. The van der Waals surface area contributed by atoms with Gasteiger partial charge in [-0.2, -0.15) is 0 Å². The van der Waals surface area contributed by atoms with Crippen molar-refractivity contribution < 1.29 is 9.90 Å². The van der Waals surface area contributed by atoms with Crippen molar-refractivity contribution in [2.45, 2.75) is 67.7 Å². The van der Waals surface area contributed by atoms with Crippen LogP contribution >= 0.6 is 0 Å². The molecule has 0 radical (unpaired) electrons. The van der Waals surface area contributed by atoms with Gasteiger partial charge in [0.25, 0.3) is 6.47 Å². The molecule has 0 spiro atoms. The van der Waals surface area contributed by atoms with Gasteiger partial charge in [-0.1, -0.05) is 48.0 Å². The highest BCUT2D eigenvalue weighted by atomic mass is 16.3. The summed E-state index contributed by atoms with van der Waals surface area (Å²) >= 11 is 0. The first kappa shape index (κ1) is 28.1. The second-order valence-electron chi connectivity index (χ2n) is 6.23. The van der Waals surface area contributed by atoms with Crippen LogP contribution in [0.15, 0.2) is 12.4 Å². The average Bonchev–Trinajstić information content (AvgIpc) is 3.14. The average molecular weight is 357 g/mol. The van der Waals surface area contributed by atoms with E-state index >= 15 is 0 Å². The van der Waals surface area contributed by atoms with Gasteiger partial charge < -0.3 is 15.7 Å². The summed E-state index contributed by atoms with van der Waals surface area (Å²) in [7, 11) is 1.50. The summed E-state index contributed by atoms with van der Waals surface area (Å²) in [4.78, 5) is 19.2. The first-order valence-electron chi connectivity index (χ1n) is 9.03. The number of carbonyl (C=O) groups is 1. The molecule has 1 aromatic rings. The molecule has 25 heavy (non-hydrogen) atoms. The van der Waals surface area contributed by atoms with Gasteiger partial charge in [0, 0.05) is 13.1 Å². The number of nitrogens with zero attached hydrogens (tertiary/aromatic N) is 3. The molecule has 1 fully saturated rings. The number of rotatable bonds is 1. The molecule has 1 aliphatic rings. The lowest BCUT2D eigenvalue weighted by molar-refractivity contribution is -0.122. The largest absolute Gasteiger partial charge is 0.483 e. The molecule has 0 bridgehead atoms. The minimum Gasteiger partial charge on any atom is -0.483 e. The molecule has 6 heteroatoms. The Hall–Kier alpha value is -1.69. The molecule has 1 aliphatic heterocycles. The Morgan fingerprint density at radius 3 is 1.84 bits per heavy atom. The lowest BCUT2D eigenvalue weighted by atomic mass is 9.94. The van der Waals surface area contributed by atoms with Crippen LogP contribution in [0.3, 0.4) is 0 Å². The number of aromatic nitrogens is 2. The van der Waals surface area contributed by atoms with E-state index in [-0.39, 0.29) is 6.47 Å². The van der Waals surface area contributed by atoms with E-state index in [2.05, 4.69) is 48.3 Å². The molecule has 0 unspecified atom stereocenters. The molecule has 148 valence electrons. The second-order valence-corrected chi connectivity index (χ2v) is 6.23. The lowest BCUT2D eigenvalue weighted by Crippen LogP contribution is -2.19. The summed E-state index contributed by atoms with van der Waals surface area (Å²) in [6.45, 7) is 16.9. The maximum atomic E-state index is 8.36. The van der Waals surface area contributed by atoms with Crippen molar-refractivity contribution in [2.24, 2.45) is 11.1 Å². The van der Waals surface area contributed by atoms with Crippen LogP contribution in [-0.2, 0) is 4.79 Å². The van der Waals surface area contributed by atoms with Crippen LogP contribution in [0.25, 0.3) is 0 Å². The number of hydrogen-bond donors (Lipinski definition) is 2. The summed E-state index contributed by atoms with van der Waals surface area (Å²) < 4.78 is 0. The third-order valence-electron chi connectivity index (χ3n) is 3.26. The van der Waals surface area contributed by atoms with Gasteiger partial charge in [-0.05, 0) is 32.2 Å². The van der Waals surface area contributed by atoms with Gasteiger partial charge in [0.2, 0.25) is 0 Å². The van der Waals surface area contributed by atoms with Crippen LogP contribution < -0.4 is 10.6 Å². The Bertz CT molecular complexity index is 383. The zero-order valence-electron chi connectivity index (χ0n) is 17.5. The quantitative estimate of drug-likeness (QED) is 0.735. The van der Waals surface area contributed by atoms with Gasteiger partial charge >= 0.3 is 0 Å². The minimum atomic E-state index is -0.250. The summed E-state index contributed by atoms with van der Waals surface area (Å²) in [5.74, 6) is 1.03. The fourth-order valence-corrected chi connectivity index (χ4v) is 1.50. The molecule has 1 aromatic heterocycles. The van der Waals surface area contributed by atoms with E-state index in [1.54, 1.807) is 0 Å². The Balaban J connectivity index is -0.000000317. The second kappa shape index (κ2) is 18.6. The van der Waals surface area contributed by atoms with Crippen molar-refractivity contribution >= 4 is 12.3 Å². The molecular formula is C19H40N4O2. The molecule has 3 N–H and O–H groups in total. The third-order valence-corrected chi connectivity index (χ3v) is 3.26. The number of aryl methyl sites for hydroxylation is 1. The molecule has 0 atom stereocenters. The zero-order valence-corrected chi connectivity index (χ0v) is 17.5. The molecule has 0 aromatic carbocycles. The van der Waals surface area contributed by atoms with Crippen molar-refractivity contribution in [3.8, 4) is 0 Å². The van der Waals surface area contributed by atoms with Crippen LogP contribution in [0, 0.1) is 12.3 Å². The zero-order chi connectivity index (χ0) is 20.3. The van der Waals surface area contributed by atoms with Crippen LogP contribution in [0.4, 0.5) is 5.82 Å². The standard InChI is InChI=1S/C9H13N3.C6H14.C2H6.CH5N.CH2O2/c1-8-6-11-9(7-10-8)12-4-2-3-5-12;1-5-6(2,3)4;2*1-2;2-1-3/h6-7H,2-5H2,1H3;5H2,1-4H3;1-2H3;2H2,1H3;1H,(H,2,3). The molecule has 2 heterocycles. The molecular weight excluding hydrogens is 316 g/mol. The Kier molecular flexibility index (Phi) is 21.0.